The molecule has 4 atom stereocenters. The van der Waals surface area contributed by atoms with Gasteiger partial charge in [0.05, 0.1) is 0 Å². The van der Waals surface area contributed by atoms with Gasteiger partial charge in [-0.25, -0.2) is 0 Å². The Hall–Kier alpha value is -0.590. The first-order valence-corrected chi connectivity index (χ1v) is 6.59. The molecule has 88 valence electrons. The van der Waals surface area contributed by atoms with E-state index in [4.69, 9.17) is 0 Å². The van der Waals surface area contributed by atoms with Crippen molar-refractivity contribution in [1.82, 2.24) is 0 Å². The van der Waals surface area contributed by atoms with E-state index in [2.05, 4.69) is 33.8 Å². The van der Waals surface area contributed by atoms with Crippen LogP contribution in [-0.4, -0.2) is 5.78 Å². The van der Waals surface area contributed by atoms with Gasteiger partial charge in [-0.2, -0.15) is 0 Å². The predicted octanol–water partition coefficient (Wildman–Crippen LogP) is 3.59. The van der Waals surface area contributed by atoms with Crippen molar-refractivity contribution in [3.8, 4) is 0 Å². The molecule has 0 aromatic rings. The number of hydrogen-bond donors (Lipinski definition) is 0. The summed E-state index contributed by atoms with van der Waals surface area (Å²) in [6.45, 7) is 9.20. The Kier molecular flexibility index (Phi) is 1.85. The van der Waals surface area contributed by atoms with Crippen molar-refractivity contribution < 1.29 is 4.79 Å². The quantitative estimate of drug-likeness (QED) is 0.568. The topological polar surface area (TPSA) is 17.1 Å². The summed E-state index contributed by atoms with van der Waals surface area (Å²) in [7, 11) is 0. The number of hydrogen-bond acceptors (Lipinski definition) is 1. The van der Waals surface area contributed by atoms with E-state index in [1.54, 1.807) is 5.57 Å². The number of allylic oxidation sites excluding steroid dienone is 2. The third-order valence-corrected chi connectivity index (χ3v) is 5.99. The predicted molar refractivity (Wildman–Crippen MR) is 65.0 cm³/mol. The maximum Gasteiger partial charge on any atom is 0.136 e. The van der Waals surface area contributed by atoms with Gasteiger partial charge in [0.15, 0.2) is 0 Å². The lowest BCUT2D eigenvalue weighted by Gasteiger charge is -2.36. The second-order valence-corrected chi connectivity index (χ2v) is 6.95. The molecule has 3 rings (SSSR count). The second kappa shape index (κ2) is 2.80. The Morgan fingerprint density at radius 2 is 2.06 bits per heavy atom. The average molecular weight is 218 g/mol. The van der Waals surface area contributed by atoms with Crippen LogP contribution in [-0.2, 0) is 4.79 Å². The third-order valence-electron chi connectivity index (χ3n) is 5.99. The Bertz CT molecular complexity index is 390. The fourth-order valence-corrected chi connectivity index (χ4v) is 5.10. The van der Waals surface area contributed by atoms with Crippen LogP contribution < -0.4 is 0 Å². The minimum absolute atomic E-state index is 0.290. The molecular weight excluding hydrogens is 196 g/mol. The fraction of sp³-hybridized carbons (Fsp3) is 0.800. The molecule has 0 heterocycles. The minimum atomic E-state index is 0.290. The van der Waals surface area contributed by atoms with E-state index in [1.165, 1.54) is 6.42 Å². The van der Waals surface area contributed by atoms with Crippen LogP contribution in [0.15, 0.2) is 11.6 Å². The van der Waals surface area contributed by atoms with E-state index < -0.39 is 0 Å². The highest BCUT2D eigenvalue weighted by atomic mass is 16.1. The van der Waals surface area contributed by atoms with Crippen LogP contribution in [0.4, 0.5) is 0 Å². The molecule has 2 fully saturated rings. The van der Waals surface area contributed by atoms with Crippen LogP contribution in [0.5, 0.6) is 0 Å². The SMILES string of the molecule is CC1=CCC23[C@H](C)C(=O)C[C@H]2C(C)(C)C[C@H]13. The zero-order chi connectivity index (χ0) is 11.7. The molecule has 0 bridgehead atoms. The van der Waals surface area contributed by atoms with E-state index in [1.807, 2.05) is 0 Å². The smallest absolute Gasteiger partial charge is 0.136 e. The molecular formula is C15H22O. The largest absolute Gasteiger partial charge is 0.299 e. The number of Topliss-reactive ketones (excluding diaryl/α,β-unsaturated/α-hetero) is 1. The Morgan fingerprint density at radius 3 is 2.75 bits per heavy atom. The molecule has 1 spiro atoms. The highest BCUT2D eigenvalue weighted by Crippen LogP contribution is 2.71. The monoisotopic (exact) mass is 218 g/mol. The summed E-state index contributed by atoms with van der Waals surface area (Å²) in [5.74, 6) is 2.12. The Labute approximate surface area is 98.3 Å². The standard InChI is InChI=1S/C15H22O/c1-9-5-6-15-10(2)12(16)7-13(15)14(3,4)8-11(9)15/h5,10-11,13H,6-8H2,1-4H3/t10-,11-,13+,15?/m1/s1. The van der Waals surface area contributed by atoms with Gasteiger partial charge in [-0.15, -0.1) is 0 Å². The van der Waals surface area contributed by atoms with Crippen molar-refractivity contribution in [2.24, 2.45) is 28.6 Å². The van der Waals surface area contributed by atoms with Crippen molar-refractivity contribution in [3.05, 3.63) is 11.6 Å². The van der Waals surface area contributed by atoms with Gasteiger partial charge in [0.25, 0.3) is 0 Å². The lowest BCUT2D eigenvalue weighted by atomic mass is 9.66. The number of rotatable bonds is 0. The number of carbonyl (C=O) groups is 1. The van der Waals surface area contributed by atoms with Crippen molar-refractivity contribution in [3.63, 3.8) is 0 Å². The molecule has 0 amide bonds. The van der Waals surface area contributed by atoms with Crippen molar-refractivity contribution in [1.29, 1.82) is 0 Å². The Balaban J connectivity index is 2.12. The van der Waals surface area contributed by atoms with Gasteiger partial charge in [-0.3, -0.25) is 4.79 Å². The molecule has 3 aliphatic carbocycles. The molecule has 0 aromatic heterocycles. The highest BCUT2D eigenvalue weighted by molar-refractivity contribution is 5.85. The first kappa shape index (κ1) is 10.6. The van der Waals surface area contributed by atoms with E-state index in [0.29, 0.717) is 28.4 Å². The van der Waals surface area contributed by atoms with Gasteiger partial charge in [0, 0.05) is 12.3 Å². The molecule has 1 unspecified atom stereocenters. The van der Waals surface area contributed by atoms with Crippen LogP contribution in [0.2, 0.25) is 0 Å². The first-order valence-electron chi connectivity index (χ1n) is 6.59. The molecule has 1 heteroatoms. The first-order chi connectivity index (χ1) is 7.39. The number of ketones is 1. The average Bonchev–Trinajstić information content (AvgIpc) is 2.72. The van der Waals surface area contributed by atoms with Crippen LogP contribution in [0.3, 0.4) is 0 Å². The van der Waals surface area contributed by atoms with Gasteiger partial charge in [-0.05, 0) is 42.4 Å². The molecule has 1 nitrogen and oxygen atoms in total. The molecule has 0 N–H and O–H groups in total. The van der Waals surface area contributed by atoms with Gasteiger partial charge < -0.3 is 0 Å². The fourth-order valence-electron chi connectivity index (χ4n) is 5.10. The molecule has 2 saturated carbocycles. The van der Waals surface area contributed by atoms with Crippen LogP contribution in [0.1, 0.15) is 47.0 Å². The van der Waals surface area contributed by atoms with Gasteiger partial charge in [0.2, 0.25) is 0 Å². The summed E-state index contributed by atoms with van der Waals surface area (Å²) in [6.07, 6.45) is 5.69. The van der Waals surface area contributed by atoms with E-state index in [0.717, 1.165) is 12.8 Å². The van der Waals surface area contributed by atoms with E-state index in [-0.39, 0.29) is 5.92 Å². The molecule has 16 heavy (non-hydrogen) atoms. The van der Waals surface area contributed by atoms with Crippen LogP contribution >= 0.6 is 0 Å². The van der Waals surface area contributed by atoms with Gasteiger partial charge >= 0.3 is 0 Å². The molecule has 0 saturated heterocycles. The normalized spacial score (nSPS) is 49.1. The summed E-state index contributed by atoms with van der Waals surface area (Å²) in [4.78, 5) is 12.1. The molecule has 3 aliphatic rings. The highest BCUT2D eigenvalue weighted by Gasteiger charge is 2.66. The zero-order valence-electron chi connectivity index (χ0n) is 10.8. The third kappa shape index (κ3) is 0.959. The summed E-state index contributed by atoms with van der Waals surface area (Å²) in [6, 6.07) is 0. The lowest BCUT2D eigenvalue weighted by Crippen LogP contribution is -2.33. The summed E-state index contributed by atoms with van der Waals surface area (Å²) in [5.41, 5.74) is 2.22. The second-order valence-electron chi connectivity index (χ2n) is 6.95. The zero-order valence-corrected chi connectivity index (χ0v) is 10.8. The van der Waals surface area contributed by atoms with Crippen molar-refractivity contribution >= 4 is 5.78 Å². The summed E-state index contributed by atoms with van der Waals surface area (Å²) >= 11 is 0. The lowest BCUT2D eigenvalue weighted by molar-refractivity contribution is -0.122. The van der Waals surface area contributed by atoms with Crippen LogP contribution in [0, 0.1) is 28.6 Å². The maximum atomic E-state index is 12.1. The van der Waals surface area contributed by atoms with Crippen LogP contribution in [0.25, 0.3) is 0 Å². The van der Waals surface area contributed by atoms with Gasteiger partial charge in [-0.1, -0.05) is 32.4 Å². The van der Waals surface area contributed by atoms with E-state index in [9.17, 15) is 4.79 Å². The molecule has 0 aliphatic heterocycles. The summed E-state index contributed by atoms with van der Waals surface area (Å²) < 4.78 is 0. The van der Waals surface area contributed by atoms with Crippen molar-refractivity contribution in [2.45, 2.75) is 47.0 Å². The van der Waals surface area contributed by atoms with E-state index >= 15 is 0 Å². The minimum Gasteiger partial charge on any atom is -0.299 e. The maximum absolute atomic E-state index is 12.1. The molecule has 0 radical (unpaired) electrons. The number of carbonyl (C=O) groups excluding carboxylic acids is 1. The molecule has 0 aromatic carbocycles. The van der Waals surface area contributed by atoms with Crippen molar-refractivity contribution in [2.75, 3.05) is 0 Å². The van der Waals surface area contributed by atoms with Gasteiger partial charge in [0.1, 0.15) is 5.78 Å². The summed E-state index contributed by atoms with van der Waals surface area (Å²) in [5, 5.41) is 0. The Morgan fingerprint density at radius 1 is 1.38 bits per heavy atom.